The van der Waals surface area contributed by atoms with Crippen LogP contribution < -0.4 is 5.32 Å². The van der Waals surface area contributed by atoms with E-state index in [4.69, 9.17) is 17.3 Å². The molecule has 4 rings (SSSR count). The molecule has 0 radical (unpaired) electrons. The molecule has 0 aliphatic rings. The van der Waals surface area contributed by atoms with E-state index in [-0.39, 0.29) is 5.54 Å². The minimum atomic E-state index is -0.0556. The lowest BCUT2D eigenvalue weighted by molar-refractivity contribution is 0.246. The molecule has 0 aliphatic carbocycles. The summed E-state index contributed by atoms with van der Waals surface area (Å²) in [4.78, 5) is 2.20. The third kappa shape index (κ3) is 5.51. The van der Waals surface area contributed by atoms with Crippen molar-refractivity contribution < 1.29 is 0 Å². The highest BCUT2D eigenvalue weighted by Crippen LogP contribution is 2.25. The number of hydrogen-bond donors (Lipinski definition) is 1. The fraction of sp³-hybridized carbons (Fsp3) is 0.292. The molecule has 0 saturated heterocycles. The number of nitrogens with one attached hydrogen (secondary N) is 1. The lowest BCUT2D eigenvalue weighted by Crippen LogP contribution is -2.26. The Morgan fingerprint density at radius 3 is 2.31 bits per heavy atom. The largest absolute Gasteiger partial charge is 0.356 e. The van der Waals surface area contributed by atoms with Gasteiger partial charge in [0.25, 0.3) is 0 Å². The van der Waals surface area contributed by atoms with Crippen LogP contribution in [-0.4, -0.2) is 37.0 Å². The van der Waals surface area contributed by atoms with Crippen molar-refractivity contribution in [2.45, 2.75) is 39.5 Å². The second-order valence-electron chi connectivity index (χ2n) is 8.85. The van der Waals surface area contributed by atoms with Gasteiger partial charge in [-0.2, -0.15) is 5.10 Å². The van der Waals surface area contributed by atoms with Gasteiger partial charge in [0.15, 0.2) is 3.95 Å². The SMILES string of the molecule is CN(Cc1cn(-c2ccccc2)nc1-c1ccccc1)Cn1nc(NC(C)(C)C)sc1=S. The zero-order valence-corrected chi connectivity index (χ0v) is 20.5. The maximum atomic E-state index is 5.55. The van der Waals surface area contributed by atoms with Crippen LogP contribution in [-0.2, 0) is 13.2 Å². The Kier molecular flexibility index (Phi) is 6.55. The minimum Gasteiger partial charge on any atom is -0.356 e. The van der Waals surface area contributed by atoms with E-state index >= 15 is 0 Å². The predicted molar refractivity (Wildman–Crippen MR) is 135 cm³/mol. The molecule has 1 N–H and O–H groups in total. The van der Waals surface area contributed by atoms with E-state index in [9.17, 15) is 0 Å². The van der Waals surface area contributed by atoms with Crippen LogP contribution in [0, 0.1) is 3.95 Å². The molecule has 0 aliphatic heterocycles. The molecule has 166 valence electrons. The van der Waals surface area contributed by atoms with Crippen molar-refractivity contribution in [3.63, 3.8) is 0 Å². The highest BCUT2D eigenvalue weighted by molar-refractivity contribution is 7.73. The van der Waals surface area contributed by atoms with Crippen LogP contribution in [0.2, 0.25) is 0 Å². The van der Waals surface area contributed by atoms with Crippen molar-refractivity contribution in [1.29, 1.82) is 0 Å². The molecule has 0 unspecified atom stereocenters. The van der Waals surface area contributed by atoms with Gasteiger partial charge in [-0.3, -0.25) is 4.90 Å². The molecule has 2 aromatic heterocycles. The van der Waals surface area contributed by atoms with Crippen molar-refractivity contribution in [1.82, 2.24) is 24.5 Å². The summed E-state index contributed by atoms with van der Waals surface area (Å²) in [6.45, 7) is 7.67. The Bertz CT molecular complexity index is 1220. The van der Waals surface area contributed by atoms with E-state index in [1.807, 2.05) is 45.8 Å². The highest BCUT2D eigenvalue weighted by Gasteiger charge is 2.16. The Morgan fingerprint density at radius 1 is 1.00 bits per heavy atom. The molecule has 0 spiro atoms. The molecular weight excluding hydrogens is 436 g/mol. The van der Waals surface area contributed by atoms with Crippen LogP contribution in [0.15, 0.2) is 66.9 Å². The van der Waals surface area contributed by atoms with E-state index in [2.05, 4.69) is 73.6 Å². The number of aromatic nitrogens is 4. The summed E-state index contributed by atoms with van der Waals surface area (Å²) in [5.41, 5.74) is 4.22. The normalized spacial score (nSPS) is 11.8. The van der Waals surface area contributed by atoms with Crippen molar-refractivity contribution in [2.75, 3.05) is 12.4 Å². The quantitative estimate of drug-likeness (QED) is 0.349. The molecular formula is C24H28N6S2. The molecule has 0 fully saturated rings. The van der Waals surface area contributed by atoms with E-state index in [0.717, 1.165) is 38.1 Å². The Hall–Kier alpha value is -2.81. The van der Waals surface area contributed by atoms with E-state index < -0.39 is 0 Å². The van der Waals surface area contributed by atoms with Crippen LogP contribution >= 0.6 is 23.6 Å². The number of benzene rings is 2. The second kappa shape index (κ2) is 9.36. The van der Waals surface area contributed by atoms with Gasteiger partial charge in [-0.05, 0) is 52.2 Å². The van der Waals surface area contributed by atoms with Crippen LogP contribution in [0.1, 0.15) is 26.3 Å². The van der Waals surface area contributed by atoms with Crippen molar-refractivity contribution in [3.8, 4) is 16.9 Å². The summed E-state index contributed by atoms with van der Waals surface area (Å²) in [5, 5.41) is 13.8. The van der Waals surface area contributed by atoms with Crippen LogP contribution in [0.25, 0.3) is 16.9 Å². The first-order valence-corrected chi connectivity index (χ1v) is 11.7. The van der Waals surface area contributed by atoms with Gasteiger partial charge >= 0.3 is 0 Å². The standard InChI is InChI=1S/C24H28N6S2/c1-24(2,3)25-22-27-30(23(31)32-22)17-28(4)15-19-16-29(20-13-9-6-10-14-20)26-21(19)18-11-7-5-8-12-18/h5-14,16H,15,17H2,1-4H3,(H,25,27). The summed E-state index contributed by atoms with van der Waals surface area (Å²) < 4.78 is 4.58. The summed E-state index contributed by atoms with van der Waals surface area (Å²) in [7, 11) is 2.08. The Balaban J connectivity index is 1.58. The topological polar surface area (TPSA) is 50.9 Å². The highest BCUT2D eigenvalue weighted by atomic mass is 32.1. The van der Waals surface area contributed by atoms with Crippen LogP contribution in [0.5, 0.6) is 0 Å². The maximum Gasteiger partial charge on any atom is 0.205 e. The fourth-order valence-corrected chi connectivity index (χ4v) is 4.62. The number of hydrogen-bond acceptors (Lipinski definition) is 6. The van der Waals surface area contributed by atoms with Crippen LogP contribution in [0.3, 0.4) is 0 Å². The molecule has 4 aromatic rings. The molecule has 2 aromatic carbocycles. The Labute approximate surface area is 198 Å². The lowest BCUT2D eigenvalue weighted by atomic mass is 10.1. The van der Waals surface area contributed by atoms with Gasteiger partial charge < -0.3 is 5.32 Å². The first-order chi connectivity index (χ1) is 15.3. The summed E-state index contributed by atoms with van der Waals surface area (Å²) in [6.07, 6.45) is 2.11. The summed E-state index contributed by atoms with van der Waals surface area (Å²) >= 11 is 7.05. The predicted octanol–water partition coefficient (Wildman–Crippen LogP) is 5.83. The van der Waals surface area contributed by atoms with Gasteiger partial charge in [-0.15, -0.1) is 5.10 Å². The molecule has 0 amide bonds. The number of rotatable bonds is 7. The molecule has 0 atom stereocenters. The number of nitrogens with zero attached hydrogens (tertiary/aromatic N) is 5. The Morgan fingerprint density at radius 2 is 1.66 bits per heavy atom. The van der Waals surface area contributed by atoms with Gasteiger partial charge in [0.05, 0.1) is 18.1 Å². The average molecular weight is 465 g/mol. The zero-order valence-electron chi connectivity index (χ0n) is 18.8. The van der Waals surface area contributed by atoms with Crippen LogP contribution in [0.4, 0.5) is 5.13 Å². The van der Waals surface area contributed by atoms with Gasteiger partial charge in [0.2, 0.25) is 5.13 Å². The smallest absolute Gasteiger partial charge is 0.205 e. The number of anilines is 1. The number of para-hydroxylation sites is 1. The molecule has 8 heteroatoms. The van der Waals surface area contributed by atoms with Crippen molar-refractivity contribution in [3.05, 3.63) is 76.4 Å². The molecule has 32 heavy (non-hydrogen) atoms. The van der Waals surface area contributed by atoms with Crippen molar-refractivity contribution in [2.24, 2.45) is 0 Å². The first kappa shape index (κ1) is 22.4. The van der Waals surface area contributed by atoms with E-state index in [1.165, 1.54) is 11.3 Å². The first-order valence-electron chi connectivity index (χ1n) is 10.5. The van der Waals surface area contributed by atoms with Gasteiger partial charge in [0.1, 0.15) is 0 Å². The summed E-state index contributed by atoms with van der Waals surface area (Å²) in [6, 6.07) is 20.5. The van der Waals surface area contributed by atoms with Crippen molar-refractivity contribution >= 4 is 28.7 Å². The van der Waals surface area contributed by atoms with Gasteiger partial charge in [-0.1, -0.05) is 59.9 Å². The zero-order chi connectivity index (χ0) is 22.7. The average Bonchev–Trinajstić information content (AvgIpc) is 3.31. The van der Waals surface area contributed by atoms with E-state index in [0.29, 0.717) is 6.67 Å². The monoisotopic (exact) mass is 464 g/mol. The maximum absolute atomic E-state index is 5.55. The summed E-state index contributed by atoms with van der Waals surface area (Å²) in [5.74, 6) is 0. The molecule has 2 heterocycles. The molecule has 6 nitrogen and oxygen atoms in total. The second-order valence-corrected chi connectivity index (χ2v) is 10.5. The van der Waals surface area contributed by atoms with Gasteiger partial charge in [-0.25, -0.2) is 9.36 Å². The molecule has 0 saturated carbocycles. The van der Waals surface area contributed by atoms with Gasteiger partial charge in [0, 0.05) is 29.4 Å². The minimum absolute atomic E-state index is 0.0556. The lowest BCUT2D eigenvalue weighted by Gasteiger charge is -2.19. The fourth-order valence-electron chi connectivity index (χ4n) is 3.41. The molecule has 0 bridgehead atoms. The third-order valence-electron chi connectivity index (χ3n) is 4.76. The third-order valence-corrected chi connectivity index (χ3v) is 5.99. The van der Waals surface area contributed by atoms with E-state index in [1.54, 1.807) is 0 Å².